The molecule has 1 N–H and O–H groups in total. The topological polar surface area (TPSA) is 49.4 Å². The summed E-state index contributed by atoms with van der Waals surface area (Å²) in [5.74, 6) is 1.05. The van der Waals surface area contributed by atoms with E-state index < -0.39 is 5.41 Å². The zero-order valence-corrected chi connectivity index (χ0v) is 15.5. The standard InChI is InChI=1S/C21H30N2O2/c1-16(2)15-22-19(24)21(10-11-21)20(25)23-12-8-18(9-13-23)14-17-6-4-3-5-7-17/h3-7,16,18H,8-15H2,1-2H3,(H,22,24). The van der Waals surface area contributed by atoms with Crippen LogP contribution in [0.1, 0.15) is 45.1 Å². The van der Waals surface area contributed by atoms with Gasteiger partial charge in [0.1, 0.15) is 5.41 Å². The Balaban J connectivity index is 1.50. The van der Waals surface area contributed by atoms with E-state index in [-0.39, 0.29) is 11.8 Å². The Hall–Kier alpha value is -1.84. The first-order valence-corrected chi connectivity index (χ1v) is 9.63. The second-order valence-corrected chi connectivity index (χ2v) is 8.11. The van der Waals surface area contributed by atoms with Crippen LogP contribution in [-0.2, 0) is 16.0 Å². The quantitative estimate of drug-likeness (QED) is 0.808. The van der Waals surface area contributed by atoms with Gasteiger partial charge < -0.3 is 10.2 Å². The molecule has 0 atom stereocenters. The van der Waals surface area contributed by atoms with Gasteiger partial charge in [0.15, 0.2) is 0 Å². The Morgan fingerprint density at radius 2 is 1.80 bits per heavy atom. The summed E-state index contributed by atoms with van der Waals surface area (Å²) in [6.45, 7) is 6.36. The highest BCUT2D eigenvalue weighted by molar-refractivity contribution is 6.07. The molecule has 1 saturated heterocycles. The number of hydrogen-bond donors (Lipinski definition) is 1. The van der Waals surface area contributed by atoms with E-state index in [1.807, 2.05) is 11.0 Å². The minimum absolute atomic E-state index is 0.0578. The van der Waals surface area contributed by atoms with Crippen molar-refractivity contribution in [2.75, 3.05) is 19.6 Å². The molecule has 0 bridgehead atoms. The molecule has 1 aliphatic carbocycles. The first kappa shape index (κ1) is 18.0. The van der Waals surface area contributed by atoms with Crippen molar-refractivity contribution < 1.29 is 9.59 Å². The normalized spacial score (nSPS) is 19.7. The lowest BCUT2D eigenvalue weighted by molar-refractivity contribution is -0.145. The van der Waals surface area contributed by atoms with Crippen molar-refractivity contribution in [2.24, 2.45) is 17.3 Å². The summed E-state index contributed by atoms with van der Waals surface area (Å²) in [5.41, 5.74) is 0.625. The number of carbonyl (C=O) groups excluding carboxylic acids is 2. The molecule has 4 nitrogen and oxygen atoms in total. The number of carbonyl (C=O) groups is 2. The van der Waals surface area contributed by atoms with Crippen LogP contribution < -0.4 is 5.32 Å². The largest absolute Gasteiger partial charge is 0.355 e. The number of nitrogens with one attached hydrogen (secondary N) is 1. The number of likely N-dealkylation sites (tertiary alicyclic amines) is 1. The summed E-state index contributed by atoms with van der Waals surface area (Å²) in [4.78, 5) is 27.3. The molecule has 25 heavy (non-hydrogen) atoms. The predicted octanol–water partition coefficient (Wildman–Crippen LogP) is 3.02. The van der Waals surface area contributed by atoms with Gasteiger partial charge in [0.05, 0.1) is 0 Å². The van der Waals surface area contributed by atoms with E-state index in [0.717, 1.165) is 32.4 Å². The summed E-state index contributed by atoms with van der Waals surface area (Å²) in [7, 11) is 0. The molecule has 136 valence electrons. The second kappa shape index (κ2) is 7.59. The van der Waals surface area contributed by atoms with E-state index in [1.165, 1.54) is 5.56 Å². The fourth-order valence-corrected chi connectivity index (χ4v) is 3.72. The molecule has 3 rings (SSSR count). The van der Waals surface area contributed by atoms with Gasteiger partial charge >= 0.3 is 0 Å². The molecule has 2 fully saturated rings. The first-order chi connectivity index (χ1) is 12.0. The Labute approximate surface area is 151 Å². The number of piperidine rings is 1. The van der Waals surface area contributed by atoms with Crippen molar-refractivity contribution in [3.63, 3.8) is 0 Å². The molecule has 0 radical (unpaired) electrons. The van der Waals surface area contributed by atoms with Crippen molar-refractivity contribution in [3.05, 3.63) is 35.9 Å². The molecular weight excluding hydrogens is 312 g/mol. The van der Waals surface area contributed by atoms with E-state index in [4.69, 9.17) is 0 Å². The van der Waals surface area contributed by atoms with Crippen LogP contribution in [0.2, 0.25) is 0 Å². The van der Waals surface area contributed by atoms with Crippen LogP contribution in [0.25, 0.3) is 0 Å². The molecule has 0 unspecified atom stereocenters. The Kier molecular flexibility index (Phi) is 5.45. The van der Waals surface area contributed by atoms with Gasteiger partial charge in [0, 0.05) is 19.6 Å². The Bertz CT molecular complexity index is 600. The summed E-state index contributed by atoms with van der Waals surface area (Å²) >= 11 is 0. The number of nitrogens with zero attached hydrogens (tertiary/aromatic N) is 1. The van der Waals surface area contributed by atoms with Crippen molar-refractivity contribution in [2.45, 2.75) is 46.0 Å². The molecule has 2 aliphatic rings. The van der Waals surface area contributed by atoms with Gasteiger partial charge in [0.2, 0.25) is 11.8 Å². The van der Waals surface area contributed by atoms with Gasteiger partial charge in [-0.15, -0.1) is 0 Å². The molecule has 1 aromatic rings. The van der Waals surface area contributed by atoms with Crippen LogP contribution in [0.5, 0.6) is 0 Å². The van der Waals surface area contributed by atoms with Crippen LogP contribution in [0, 0.1) is 17.3 Å². The van der Waals surface area contributed by atoms with E-state index >= 15 is 0 Å². The summed E-state index contributed by atoms with van der Waals surface area (Å²) < 4.78 is 0. The van der Waals surface area contributed by atoms with Crippen LogP contribution >= 0.6 is 0 Å². The van der Waals surface area contributed by atoms with Crippen molar-refractivity contribution in [1.82, 2.24) is 10.2 Å². The zero-order valence-electron chi connectivity index (χ0n) is 15.5. The van der Waals surface area contributed by atoms with E-state index in [0.29, 0.717) is 31.2 Å². The first-order valence-electron chi connectivity index (χ1n) is 9.63. The van der Waals surface area contributed by atoms with Crippen LogP contribution in [0.15, 0.2) is 30.3 Å². The van der Waals surface area contributed by atoms with Crippen LogP contribution in [-0.4, -0.2) is 36.3 Å². The third-order valence-electron chi connectivity index (χ3n) is 5.53. The SMILES string of the molecule is CC(C)CNC(=O)C1(C(=O)N2CCC(Cc3ccccc3)CC2)CC1. The van der Waals surface area contributed by atoms with E-state index in [2.05, 4.69) is 43.4 Å². The van der Waals surface area contributed by atoms with Crippen LogP contribution in [0.4, 0.5) is 0 Å². The molecule has 0 spiro atoms. The minimum atomic E-state index is -0.749. The van der Waals surface area contributed by atoms with Crippen molar-refractivity contribution >= 4 is 11.8 Å². The van der Waals surface area contributed by atoms with Gasteiger partial charge in [-0.25, -0.2) is 0 Å². The van der Waals surface area contributed by atoms with Gasteiger partial charge in [-0.1, -0.05) is 44.2 Å². The summed E-state index contributed by atoms with van der Waals surface area (Å²) in [6, 6.07) is 10.6. The molecule has 0 aromatic heterocycles. The number of rotatable bonds is 6. The average Bonchev–Trinajstić information content (AvgIpc) is 3.42. The highest BCUT2D eigenvalue weighted by atomic mass is 16.2. The summed E-state index contributed by atoms with van der Waals surface area (Å²) in [6.07, 6.45) is 4.57. The third-order valence-corrected chi connectivity index (χ3v) is 5.53. The van der Waals surface area contributed by atoms with Crippen molar-refractivity contribution in [3.8, 4) is 0 Å². The van der Waals surface area contributed by atoms with Gasteiger partial charge in [0.25, 0.3) is 0 Å². The fraction of sp³-hybridized carbons (Fsp3) is 0.619. The monoisotopic (exact) mass is 342 g/mol. The second-order valence-electron chi connectivity index (χ2n) is 8.11. The summed E-state index contributed by atoms with van der Waals surface area (Å²) in [5, 5.41) is 2.96. The molecule has 1 aromatic carbocycles. The van der Waals surface area contributed by atoms with Crippen molar-refractivity contribution in [1.29, 1.82) is 0 Å². The lowest BCUT2D eigenvalue weighted by atomic mass is 9.89. The maximum Gasteiger partial charge on any atom is 0.238 e. The Morgan fingerprint density at radius 3 is 2.36 bits per heavy atom. The Morgan fingerprint density at radius 1 is 1.16 bits per heavy atom. The van der Waals surface area contributed by atoms with Gasteiger partial charge in [-0.2, -0.15) is 0 Å². The average molecular weight is 342 g/mol. The fourth-order valence-electron chi connectivity index (χ4n) is 3.72. The van der Waals surface area contributed by atoms with Gasteiger partial charge in [-0.05, 0) is 49.5 Å². The smallest absolute Gasteiger partial charge is 0.238 e. The highest BCUT2D eigenvalue weighted by Crippen LogP contribution is 2.48. The predicted molar refractivity (Wildman–Crippen MR) is 99.0 cm³/mol. The molecule has 1 aliphatic heterocycles. The van der Waals surface area contributed by atoms with E-state index in [9.17, 15) is 9.59 Å². The number of hydrogen-bond acceptors (Lipinski definition) is 2. The molecule has 1 saturated carbocycles. The van der Waals surface area contributed by atoms with Crippen LogP contribution in [0.3, 0.4) is 0 Å². The lowest BCUT2D eigenvalue weighted by Gasteiger charge is -2.34. The number of amides is 2. The number of benzene rings is 1. The third kappa shape index (κ3) is 4.23. The zero-order chi connectivity index (χ0) is 17.9. The minimum Gasteiger partial charge on any atom is -0.355 e. The molecule has 2 amide bonds. The van der Waals surface area contributed by atoms with E-state index in [1.54, 1.807) is 0 Å². The maximum atomic E-state index is 12.9. The highest BCUT2D eigenvalue weighted by Gasteiger charge is 2.58. The molecule has 1 heterocycles. The lowest BCUT2D eigenvalue weighted by Crippen LogP contribution is -2.48. The molecular formula is C21H30N2O2. The van der Waals surface area contributed by atoms with Gasteiger partial charge in [-0.3, -0.25) is 9.59 Å². The molecule has 4 heteroatoms. The maximum absolute atomic E-state index is 12.9.